The molecule has 3 nitrogen and oxygen atoms in total. The predicted molar refractivity (Wildman–Crippen MR) is 99.4 cm³/mol. The molecule has 0 aliphatic rings. The average Bonchev–Trinajstić information content (AvgIpc) is 2.53. The maximum atomic E-state index is 5.69. The Bertz CT molecular complexity index is 412. The zero-order valence-corrected chi connectivity index (χ0v) is 14.8. The summed E-state index contributed by atoms with van der Waals surface area (Å²) in [6.07, 6.45) is 6.06. The van der Waals surface area contributed by atoms with Crippen molar-refractivity contribution in [2.45, 2.75) is 46.0 Å². The van der Waals surface area contributed by atoms with Crippen LogP contribution in [0.3, 0.4) is 0 Å². The number of benzene rings is 1. The smallest absolute Gasteiger partial charge is 0.191 e. The Balaban J connectivity index is 2.26. The molecule has 1 aromatic carbocycles. The second-order valence-corrected chi connectivity index (χ2v) is 6.03. The zero-order chi connectivity index (χ0) is 16.2. The van der Waals surface area contributed by atoms with Gasteiger partial charge in [-0.2, -0.15) is 0 Å². The highest BCUT2D eigenvalue weighted by atomic mass is 32.1. The molecule has 4 heteroatoms. The number of nitrogens with two attached hydrogens (primary N) is 1. The van der Waals surface area contributed by atoms with Crippen LogP contribution in [0.5, 0.6) is 0 Å². The number of anilines is 1. The molecular weight excluding hydrogens is 292 g/mol. The van der Waals surface area contributed by atoms with Crippen molar-refractivity contribution in [2.24, 2.45) is 0 Å². The Labute approximate surface area is 140 Å². The largest absolute Gasteiger partial charge is 0.483 e. The minimum Gasteiger partial charge on any atom is -0.483 e. The van der Waals surface area contributed by atoms with Crippen molar-refractivity contribution in [1.82, 2.24) is 4.90 Å². The number of thiocarbonyl (C=S) groups is 1. The third-order valence-electron chi connectivity index (χ3n) is 3.65. The highest BCUT2D eigenvalue weighted by Crippen LogP contribution is 2.08. The fourth-order valence-electron chi connectivity index (χ4n) is 2.25. The van der Waals surface area contributed by atoms with E-state index in [-0.39, 0.29) is 0 Å². The lowest BCUT2D eigenvalue weighted by Gasteiger charge is -2.21. The molecule has 1 rings (SSSR count). The molecule has 2 N–H and O–H groups in total. The fourth-order valence-corrected chi connectivity index (χ4v) is 2.47. The van der Waals surface area contributed by atoms with Gasteiger partial charge in [0.25, 0.3) is 0 Å². The predicted octanol–water partition coefficient (Wildman–Crippen LogP) is 4.25. The van der Waals surface area contributed by atoms with E-state index in [9.17, 15) is 0 Å². The molecule has 0 heterocycles. The van der Waals surface area contributed by atoms with Gasteiger partial charge in [-0.3, -0.25) is 0 Å². The first-order chi connectivity index (χ1) is 10.7. The maximum absolute atomic E-state index is 5.69. The summed E-state index contributed by atoms with van der Waals surface area (Å²) in [4.78, 5) is 2.54. The van der Waals surface area contributed by atoms with Crippen molar-refractivity contribution in [2.75, 3.05) is 32.0 Å². The number of hydrogen-bond donors (Lipinski definition) is 1. The third kappa shape index (κ3) is 7.76. The van der Waals surface area contributed by atoms with Gasteiger partial charge in [-0.1, -0.05) is 26.7 Å². The average molecular weight is 323 g/mol. The number of rotatable bonds is 11. The first kappa shape index (κ1) is 18.9. The molecule has 0 saturated heterocycles. The van der Waals surface area contributed by atoms with Crippen molar-refractivity contribution >= 4 is 23.0 Å². The molecule has 0 unspecified atom stereocenters. The van der Waals surface area contributed by atoms with Crippen molar-refractivity contribution < 1.29 is 4.74 Å². The van der Waals surface area contributed by atoms with Crippen LogP contribution in [0.4, 0.5) is 5.69 Å². The summed E-state index contributed by atoms with van der Waals surface area (Å²) in [5.74, 6) is 0. The van der Waals surface area contributed by atoms with Gasteiger partial charge < -0.3 is 15.4 Å². The lowest BCUT2D eigenvalue weighted by molar-refractivity contribution is 0.227. The minimum atomic E-state index is 0.564. The van der Waals surface area contributed by atoms with Crippen LogP contribution in [0.15, 0.2) is 24.3 Å². The molecule has 0 aliphatic heterocycles. The summed E-state index contributed by atoms with van der Waals surface area (Å²) in [5, 5.41) is 0.564. The van der Waals surface area contributed by atoms with E-state index >= 15 is 0 Å². The number of hydrogen-bond acceptors (Lipinski definition) is 4. The zero-order valence-electron chi connectivity index (χ0n) is 14.0. The van der Waals surface area contributed by atoms with Crippen LogP contribution >= 0.6 is 12.2 Å². The van der Waals surface area contributed by atoms with Crippen LogP contribution in [0.25, 0.3) is 0 Å². The van der Waals surface area contributed by atoms with E-state index in [0.717, 1.165) is 24.2 Å². The molecule has 0 aliphatic carbocycles. The van der Waals surface area contributed by atoms with Gasteiger partial charge in [0.15, 0.2) is 5.05 Å². The van der Waals surface area contributed by atoms with E-state index in [0.29, 0.717) is 11.7 Å². The molecule has 124 valence electrons. The molecule has 22 heavy (non-hydrogen) atoms. The lowest BCUT2D eigenvalue weighted by Crippen LogP contribution is -2.28. The summed E-state index contributed by atoms with van der Waals surface area (Å²) >= 11 is 5.31. The van der Waals surface area contributed by atoms with Crippen molar-refractivity contribution in [3.05, 3.63) is 29.8 Å². The normalized spacial score (nSPS) is 10.9. The molecule has 0 aromatic heterocycles. The van der Waals surface area contributed by atoms with Crippen LogP contribution in [0, 0.1) is 0 Å². The Morgan fingerprint density at radius 2 is 1.55 bits per heavy atom. The first-order valence-corrected chi connectivity index (χ1v) is 8.83. The summed E-state index contributed by atoms with van der Waals surface area (Å²) in [7, 11) is 0. The third-order valence-corrected chi connectivity index (χ3v) is 4.01. The van der Waals surface area contributed by atoms with Crippen LogP contribution in [-0.4, -0.2) is 36.2 Å². The summed E-state index contributed by atoms with van der Waals surface area (Å²) < 4.78 is 5.69. The van der Waals surface area contributed by atoms with Crippen LogP contribution in [0.1, 0.15) is 51.5 Å². The van der Waals surface area contributed by atoms with Gasteiger partial charge in [0.1, 0.15) is 0 Å². The SMILES string of the molecule is CCCCN(CCCC)CCCOC(=S)c1ccc(N)cc1. The van der Waals surface area contributed by atoms with E-state index in [1.807, 2.05) is 24.3 Å². The van der Waals surface area contributed by atoms with Gasteiger partial charge in [0, 0.05) is 17.8 Å². The summed E-state index contributed by atoms with van der Waals surface area (Å²) in [6, 6.07) is 7.52. The van der Waals surface area contributed by atoms with E-state index in [4.69, 9.17) is 22.7 Å². The Morgan fingerprint density at radius 3 is 2.09 bits per heavy atom. The Kier molecular flexibility index (Phi) is 9.84. The van der Waals surface area contributed by atoms with Gasteiger partial charge in [-0.15, -0.1) is 0 Å². The summed E-state index contributed by atoms with van der Waals surface area (Å²) in [6.45, 7) is 8.64. The molecule has 0 spiro atoms. The monoisotopic (exact) mass is 322 g/mol. The Morgan fingerprint density at radius 1 is 1.00 bits per heavy atom. The number of ether oxygens (including phenoxy) is 1. The highest BCUT2D eigenvalue weighted by Gasteiger charge is 2.05. The van der Waals surface area contributed by atoms with E-state index in [1.165, 1.54) is 38.8 Å². The lowest BCUT2D eigenvalue weighted by atomic mass is 10.2. The molecule has 1 aromatic rings. The molecule has 0 bridgehead atoms. The molecule has 0 fully saturated rings. The topological polar surface area (TPSA) is 38.5 Å². The van der Waals surface area contributed by atoms with E-state index < -0.39 is 0 Å². The van der Waals surface area contributed by atoms with Crippen molar-refractivity contribution in [3.8, 4) is 0 Å². The van der Waals surface area contributed by atoms with Crippen LogP contribution < -0.4 is 5.73 Å². The van der Waals surface area contributed by atoms with Crippen molar-refractivity contribution in [1.29, 1.82) is 0 Å². The molecular formula is C18H30N2OS. The van der Waals surface area contributed by atoms with Crippen LogP contribution in [-0.2, 0) is 4.74 Å². The summed E-state index contributed by atoms with van der Waals surface area (Å²) in [5.41, 5.74) is 7.35. The molecule has 0 atom stereocenters. The second kappa shape index (κ2) is 11.4. The van der Waals surface area contributed by atoms with Gasteiger partial charge in [0.05, 0.1) is 6.61 Å². The molecule has 0 amide bonds. The van der Waals surface area contributed by atoms with E-state index in [2.05, 4.69) is 18.7 Å². The van der Waals surface area contributed by atoms with Crippen molar-refractivity contribution in [3.63, 3.8) is 0 Å². The van der Waals surface area contributed by atoms with Crippen LogP contribution in [0.2, 0.25) is 0 Å². The fraction of sp³-hybridized carbons (Fsp3) is 0.611. The quantitative estimate of drug-likeness (QED) is 0.375. The highest BCUT2D eigenvalue weighted by molar-refractivity contribution is 7.80. The van der Waals surface area contributed by atoms with Gasteiger partial charge in [-0.25, -0.2) is 0 Å². The molecule has 0 radical (unpaired) electrons. The minimum absolute atomic E-state index is 0.564. The molecule has 0 saturated carbocycles. The second-order valence-electron chi connectivity index (χ2n) is 5.66. The van der Waals surface area contributed by atoms with Gasteiger partial charge in [-0.05, 0) is 68.8 Å². The number of nitrogens with zero attached hydrogens (tertiary/aromatic N) is 1. The Hall–Kier alpha value is -1.13. The van der Waals surface area contributed by atoms with E-state index in [1.54, 1.807) is 0 Å². The number of unbranched alkanes of at least 4 members (excludes halogenated alkanes) is 2. The first-order valence-electron chi connectivity index (χ1n) is 8.42. The van der Waals surface area contributed by atoms with Gasteiger partial charge >= 0.3 is 0 Å². The maximum Gasteiger partial charge on any atom is 0.191 e. The standard InChI is InChI=1S/C18H30N2OS/c1-3-5-12-20(13-6-4-2)14-7-15-21-18(22)16-8-10-17(19)11-9-16/h8-11H,3-7,12-15,19H2,1-2H3. The van der Waals surface area contributed by atoms with Gasteiger partial charge in [0.2, 0.25) is 0 Å². The number of nitrogen functional groups attached to an aromatic ring is 1.